The summed E-state index contributed by atoms with van der Waals surface area (Å²) in [7, 11) is 0. The van der Waals surface area contributed by atoms with Crippen molar-refractivity contribution in [3.8, 4) is 0 Å². The van der Waals surface area contributed by atoms with Crippen LogP contribution >= 0.6 is 0 Å². The second-order valence-corrected chi connectivity index (χ2v) is 4.16. The van der Waals surface area contributed by atoms with Crippen molar-refractivity contribution in [2.24, 2.45) is 11.7 Å². The van der Waals surface area contributed by atoms with Crippen molar-refractivity contribution in [2.75, 3.05) is 6.61 Å². The monoisotopic (exact) mass is 155 g/mol. The number of hydrogen-bond donors (Lipinski definition) is 1. The molecule has 1 saturated heterocycles. The molecule has 1 spiro atoms. The van der Waals surface area contributed by atoms with Gasteiger partial charge in [-0.25, -0.2) is 0 Å². The van der Waals surface area contributed by atoms with Crippen molar-refractivity contribution in [1.29, 1.82) is 0 Å². The van der Waals surface area contributed by atoms with Gasteiger partial charge in [0, 0.05) is 12.6 Å². The van der Waals surface area contributed by atoms with E-state index in [4.69, 9.17) is 10.5 Å². The van der Waals surface area contributed by atoms with Crippen LogP contribution in [0.1, 0.15) is 32.6 Å². The van der Waals surface area contributed by atoms with Gasteiger partial charge in [-0.1, -0.05) is 6.92 Å². The molecule has 1 heterocycles. The third kappa shape index (κ3) is 1.09. The molecule has 2 nitrogen and oxygen atoms in total. The fourth-order valence-corrected chi connectivity index (χ4v) is 2.51. The highest BCUT2D eigenvalue weighted by Gasteiger charge is 2.46. The molecule has 0 aromatic rings. The van der Waals surface area contributed by atoms with Crippen LogP contribution in [-0.4, -0.2) is 18.2 Å². The molecule has 11 heavy (non-hydrogen) atoms. The molecule has 64 valence electrons. The molecule has 2 N–H and O–H groups in total. The third-order valence-corrected chi connectivity index (χ3v) is 3.25. The summed E-state index contributed by atoms with van der Waals surface area (Å²) in [6, 6.07) is 0.312. The van der Waals surface area contributed by atoms with Crippen molar-refractivity contribution >= 4 is 0 Å². The van der Waals surface area contributed by atoms with Crippen molar-refractivity contribution in [1.82, 2.24) is 0 Å². The minimum absolute atomic E-state index is 0.0966. The van der Waals surface area contributed by atoms with Crippen LogP contribution in [0.25, 0.3) is 0 Å². The number of nitrogens with two attached hydrogens (primary N) is 1. The van der Waals surface area contributed by atoms with Crippen molar-refractivity contribution < 1.29 is 4.74 Å². The molecule has 2 aliphatic rings. The highest BCUT2D eigenvalue weighted by molar-refractivity contribution is 5.00. The van der Waals surface area contributed by atoms with Gasteiger partial charge < -0.3 is 10.5 Å². The molecule has 1 saturated carbocycles. The molecule has 0 radical (unpaired) electrons. The predicted octanol–water partition coefficient (Wildman–Crippen LogP) is 1.29. The SMILES string of the molecule is CC1CCC2(C1)OCCC2N. The minimum atomic E-state index is 0.0966. The molecule has 1 aliphatic heterocycles. The van der Waals surface area contributed by atoms with Gasteiger partial charge >= 0.3 is 0 Å². The Kier molecular flexibility index (Phi) is 1.69. The second kappa shape index (κ2) is 2.46. The summed E-state index contributed by atoms with van der Waals surface area (Å²) in [4.78, 5) is 0. The average Bonchev–Trinajstić information content (AvgIpc) is 2.46. The highest BCUT2D eigenvalue weighted by atomic mass is 16.5. The lowest BCUT2D eigenvalue weighted by molar-refractivity contribution is -0.000754. The molecule has 0 bridgehead atoms. The van der Waals surface area contributed by atoms with Gasteiger partial charge in [-0.2, -0.15) is 0 Å². The van der Waals surface area contributed by atoms with E-state index in [2.05, 4.69) is 6.92 Å². The van der Waals surface area contributed by atoms with Crippen LogP contribution in [0, 0.1) is 5.92 Å². The van der Waals surface area contributed by atoms with E-state index in [0.29, 0.717) is 6.04 Å². The van der Waals surface area contributed by atoms with Crippen LogP contribution in [0.3, 0.4) is 0 Å². The Morgan fingerprint density at radius 1 is 1.45 bits per heavy atom. The summed E-state index contributed by atoms with van der Waals surface area (Å²) in [6.45, 7) is 3.18. The molecule has 3 unspecified atom stereocenters. The maximum atomic E-state index is 6.01. The summed E-state index contributed by atoms with van der Waals surface area (Å²) in [5.74, 6) is 0.819. The Bertz CT molecular complexity index is 160. The van der Waals surface area contributed by atoms with E-state index in [1.807, 2.05) is 0 Å². The first-order valence-corrected chi connectivity index (χ1v) is 4.62. The molecular formula is C9H17NO. The van der Waals surface area contributed by atoms with Gasteiger partial charge in [0.25, 0.3) is 0 Å². The lowest BCUT2D eigenvalue weighted by Crippen LogP contribution is -2.42. The topological polar surface area (TPSA) is 35.2 Å². The number of hydrogen-bond acceptors (Lipinski definition) is 2. The predicted molar refractivity (Wildman–Crippen MR) is 44.3 cm³/mol. The van der Waals surface area contributed by atoms with Gasteiger partial charge in [-0.05, 0) is 31.6 Å². The molecule has 3 atom stereocenters. The summed E-state index contributed by atoms with van der Waals surface area (Å²) in [6.07, 6.45) is 4.74. The maximum absolute atomic E-state index is 6.01. The van der Waals surface area contributed by atoms with E-state index in [9.17, 15) is 0 Å². The van der Waals surface area contributed by atoms with Crippen LogP contribution in [0.15, 0.2) is 0 Å². The average molecular weight is 155 g/mol. The minimum Gasteiger partial charge on any atom is -0.373 e. The summed E-state index contributed by atoms with van der Waals surface area (Å²) < 4.78 is 5.76. The molecule has 1 aliphatic carbocycles. The summed E-state index contributed by atoms with van der Waals surface area (Å²) in [5, 5.41) is 0. The van der Waals surface area contributed by atoms with Gasteiger partial charge in [-0.15, -0.1) is 0 Å². The fraction of sp³-hybridized carbons (Fsp3) is 1.00. The molecule has 0 aromatic carbocycles. The molecule has 2 heteroatoms. The lowest BCUT2D eigenvalue weighted by atomic mass is 9.92. The van der Waals surface area contributed by atoms with E-state index in [0.717, 1.165) is 18.9 Å². The van der Waals surface area contributed by atoms with Gasteiger partial charge in [0.05, 0.1) is 5.60 Å². The first-order valence-electron chi connectivity index (χ1n) is 4.62. The normalized spacial score (nSPS) is 50.7. The number of ether oxygens (including phenoxy) is 1. The molecule has 2 rings (SSSR count). The number of rotatable bonds is 0. The fourth-order valence-electron chi connectivity index (χ4n) is 2.51. The highest BCUT2D eigenvalue weighted by Crippen LogP contribution is 2.42. The zero-order chi connectivity index (χ0) is 7.90. The second-order valence-electron chi connectivity index (χ2n) is 4.16. The van der Waals surface area contributed by atoms with Gasteiger partial charge in [0.1, 0.15) is 0 Å². The lowest BCUT2D eigenvalue weighted by Gasteiger charge is -2.27. The summed E-state index contributed by atoms with van der Waals surface area (Å²) >= 11 is 0. The van der Waals surface area contributed by atoms with Crippen molar-refractivity contribution in [3.63, 3.8) is 0 Å². The Labute approximate surface area is 68.1 Å². The van der Waals surface area contributed by atoms with Crippen molar-refractivity contribution in [2.45, 2.75) is 44.2 Å². The van der Waals surface area contributed by atoms with Gasteiger partial charge in [-0.3, -0.25) is 0 Å². The van der Waals surface area contributed by atoms with E-state index in [1.54, 1.807) is 0 Å². The Balaban J connectivity index is 2.10. The van der Waals surface area contributed by atoms with Gasteiger partial charge in [0.15, 0.2) is 0 Å². The largest absolute Gasteiger partial charge is 0.373 e. The van der Waals surface area contributed by atoms with E-state index >= 15 is 0 Å². The van der Waals surface area contributed by atoms with E-state index < -0.39 is 0 Å². The Morgan fingerprint density at radius 3 is 2.73 bits per heavy atom. The molecular weight excluding hydrogens is 138 g/mol. The quantitative estimate of drug-likeness (QED) is 0.572. The van der Waals surface area contributed by atoms with E-state index in [1.165, 1.54) is 19.3 Å². The standard InChI is InChI=1S/C9H17NO/c1-7-2-4-9(6-7)8(10)3-5-11-9/h7-8H,2-6,10H2,1H3. The van der Waals surface area contributed by atoms with E-state index in [-0.39, 0.29) is 5.60 Å². The Morgan fingerprint density at radius 2 is 2.27 bits per heavy atom. The van der Waals surface area contributed by atoms with Crippen LogP contribution in [0.4, 0.5) is 0 Å². The van der Waals surface area contributed by atoms with Crippen LogP contribution < -0.4 is 5.73 Å². The van der Waals surface area contributed by atoms with Crippen LogP contribution in [0.2, 0.25) is 0 Å². The Hall–Kier alpha value is -0.0800. The van der Waals surface area contributed by atoms with Crippen LogP contribution in [0.5, 0.6) is 0 Å². The van der Waals surface area contributed by atoms with Crippen molar-refractivity contribution in [3.05, 3.63) is 0 Å². The van der Waals surface area contributed by atoms with Crippen LogP contribution in [-0.2, 0) is 4.74 Å². The maximum Gasteiger partial charge on any atom is 0.0836 e. The molecule has 2 fully saturated rings. The first-order chi connectivity index (χ1) is 5.23. The molecule has 0 amide bonds. The third-order valence-electron chi connectivity index (χ3n) is 3.25. The first kappa shape index (κ1) is 7.56. The smallest absolute Gasteiger partial charge is 0.0836 e. The summed E-state index contributed by atoms with van der Waals surface area (Å²) in [5.41, 5.74) is 6.11. The van der Waals surface area contributed by atoms with Gasteiger partial charge in [0.2, 0.25) is 0 Å². The molecule has 0 aromatic heterocycles. The zero-order valence-electron chi connectivity index (χ0n) is 7.18. The zero-order valence-corrected chi connectivity index (χ0v) is 7.18.